The number of aromatic amines is 1. The van der Waals surface area contributed by atoms with Crippen molar-refractivity contribution >= 4 is 31.9 Å². The predicted octanol–water partition coefficient (Wildman–Crippen LogP) is 2.97. The van der Waals surface area contributed by atoms with E-state index in [1.807, 2.05) is 0 Å². The fraction of sp³-hybridized carbons (Fsp3) is 0.286. The first kappa shape index (κ1) is 10.8. The second-order valence-corrected chi connectivity index (χ2v) is 3.73. The molecule has 0 aliphatic rings. The molecular formula is C7H5Br2F2NO. The van der Waals surface area contributed by atoms with Crippen LogP contribution in [0.2, 0.25) is 0 Å². The van der Waals surface area contributed by atoms with Crippen molar-refractivity contribution in [2.45, 2.75) is 11.8 Å². The lowest BCUT2D eigenvalue weighted by Gasteiger charge is -2.03. The highest BCUT2D eigenvalue weighted by Crippen LogP contribution is 2.21. The lowest BCUT2D eigenvalue weighted by molar-refractivity contribution is 0.149. The second-order valence-electron chi connectivity index (χ2n) is 2.31. The van der Waals surface area contributed by atoms with Crippen molar-refractivity contribution in [3.05, 3.63) is 32.2 Å². The Hall–Kier alpha value is -0.230. The van der Waals surface area contributed by atoms with Crippen LogP contribution in [0.1, 0.15) is 17.7 Å². The van der Waals surface area contributed by atoms with Gasteiger partial charge >= 0.3 is 0 Å². The Morgan fingerprint density at radius 1 is 1.54 bits per heavy atom. The van der Waals surface area contributed by atoms with E-state index in [4.69, 9.17) is 0 Å². The van der Waals surface area contributed by atoms with Gasteiger partial charge in [-0.25, -0.2) is 8.78 Å². The quantitative estimate of drug-likeness (QED) is 0.836. The Balaban J connectivity index is 3.29. The molecule has 1 aromatic rings. The third kappa shape index (κ3) is 2.37. The normalized spacial score (nSPS) is 10.8. The standard InChI is InChI=1S/C7H5Br2F2NO/c8-2-5-4(9)1-3(6(10)11)7(13)12-5/h1,6H,2H2,(H,12,13). The monoisotopic (exact) mass is 315 g/mol. The average molecular weight is 317 g/mol. The van der Waals surface area contributed by atoms with Crippen LogP contribution in [0.3, 0.4) is 0 Å². The van der Waals surface area contributed by atoms with E-state index in [9.17, 15) is 13.6 Å². The smallest absolute Gasteiger partial charge is 0.269 e. The molecule has 0 aromatic carbocycles. The third-order valence-corrected chi connectivity index (χ3v) is 2.73. The highest BCUT2D eigenvalue weighted by molar-refractivity contribution is 9.10. The molecule has 0 amide bonds. The molecule has 6 heteroatoms. The van der Waals surface area contributed by atoms with Crippen molar-refractivity contribution in [1.82, 2.24) is 4.98 Å². The molecule has 2 nitrogen and oxygen atoms in total. The van der Waals surface area contributed by atoms with Crippen LogP contribution in [-0.4, -0.2) is 4.98 Å². The number of halogens is 4. The SMILES string of the molecule is O=c1[nH]c(CBr)c(Br)cc1C(F)F. The first-order valence-electron chi connectivity index (χ1n) is 3.32. The summed E-state index contributed by atoms with van der Waals surface area (Å²) in [5.41, 5.74) is -0.710. The molecule has 1 aromatic heterocycles. The molecule has 72 valence electrons. The molecular weight excluding hydrogens is 312 g/mol. The van der Waals surface area contributed by atoms with Crippen molar-refractivity contribution in [2.75, 3.05) is 0 Å². The van der Waals surface area contributed by atoms with E-state index in [0.717, 1.165) is 6.07 Å². The van der Waals surface area contributed by atoms with Crippen LogP contribution in [-0.2, 0) is 5.33 Å². The zero-order valence-corrected chi connectivity index (χ0v) is 9.45. The summed E-state index contributed by atoms with van der Waals surface area (Å²) in [5.74, 6) is 0. The molecule has 0 saturated carbocycles. The van der Waals surface area contributed by atoms with Crippen LogP contribution in [0.25, 0.3) is 0 Å². The van der Waals surface area contributed by atoms with Gasteiger partial charge in [0.2, 0.25) is 0 Å². The van der Waals surface area contributed by atoms with Crippen LogP contribution >= 0.6 is 31.9 Å². The Morgan fingerprint density at radius 3 is 2.62 bits per heavy atom. The molecule has 0 atom stereocenters. The Kier molecular flexibility index (Phi) is 3.61. The van der Waals surface area contributed by atoms with Gasteiger partial charge < -0.3 is 4.98 Å². The zero-order chi connectivity index (χ0) is 10.0. The van der Waals surface area contributed by atoms with Gasteiger partial charge in [0.25, 0.3) is 12.0 Å². The number of nitrogens with one attached hydrogen (secondary N) is 1. The molecule has 1 N–H and O–H groups in total. The van der Waals surface area contributed by atoms with Crippen molar-refractivity contribution < 1.29 is 8.78 Å². The minimum absolute atomic E-state index is 0.409. The lowest BCUT2D eigenvalue weighted by Crippen LogP contribution is -2.14. The van der Waals surface area contributed by atoms with Gasteiger partial charge in [-0.15, -0.1) is 0 Å². The van der Waals surface area contributed by atoms with Crippen LogP contribution < -0.4 is 5.56 Å². The predicted molar refractivity (Wildman–Crippen MR) is 52.4 cm³/mol. The molecule has 1 rings (SSSR count). The Bertz CT molecular complexity index is 364. The van der Waals surface area contributed by atoms with Gasteiger partial charge in [0.15, 0.2) is 0 Å². The number of alkyl halides is 3. The summed E-state index contributed by atoms with van der Waals surface area (Å²) in [6.45, 7) is 0. The molecule has 0 radical (unpaired) electrons. The van der Waals surface area contributed by atoms with Crippen molar-refractivity contribution in [3.63, 3.8) is 0 Å². The van der Waals surface area contributed by atoms with E-state index in [1.54, 1.807) is 0 Å². The van der Waals surface area contributed by atoms with Gasteiger partial charge in [-0.3, -0.25) is 4.79 Å². The Labute approximate surface area is 89.6 Å². The number of hydrogen-bond acceptors (Lipinski definition) is 1. The number of rotatable bonds is 2. The fourth-order valence-corrected chi connectivity index (χ4v) is 2.12. The summed E-state index contributed by atoms with van der Waals surface area (Å²) in [7, 11) is 0. The summed E-state index contributed by atoms with van der Waals surface area (Å²) >= 11 is 6.19. The summed E-state index contributed by atoms with van der Waals surface area (Å²) in [6.07, 6.45) is -2.75. The molecule has 0 spiro atoms. The minimum Gasteiger partial charge on any atom is -0.324 e. The topological polar surface area (TPSA) is 32.9 Å². The molecule has 0 aliphatic heterocycles. The van der Waals surface area contributed by atoms with Crippen molar-refractivity contribution in [3.8, 4) is 0 Å². The maximum atomic E-state index is 12.2. The van der Waals surface area contributed by atoms with Gasteiger partial charge in [0.1, 0.15) is 0 Å². The Morgan fingerprint density at radius 2 is 2.15 bits per heavy atom. The summed E-state index contributed by atoms with van der Waals surface area (Å²) < 4.78 is 24.9. The number of pyridine rings is 1. The second kappa shape index (κ2) is 4.32. The van der Waals surface area contributed by atoms with E-state index in [1.165, 1.54) is 0 Å². The zero-order valence-electron chi connectivity index (χ0n) is 6.28. The van der Waals surface area contributed by atoms with Crippen molar-refractivity contribution in [1.29, 1.82) is 0 Å². The maximum absolute atomic E-state index is 12.2. The summed E-state index contributed by atoms with van der Waals surface area (Å²) in [5, 5.41) is 0.409. The van der Waals surface area contributed by atoms with Gasteiger partial charge in [-0.2, -0.15) is 0 Å². The van der Waals surface area contributed by atoms with Crippen LogP contribution in [0.15, 0.2) is 15.3 Å². The lowest BCUT2D eigenvalue weighted by atomic mass is 10.2. The minimum atomic E-state index is -2.75. The van der Waals surface area contributed by atoms with Crippen LogP contribution in [0.4, 0.5) is 8.78 Å². The average Bonchev–Trinajstić information content (AvgIpc) is 2.07. The van der Waals surface area contributed by atoms with E-state index in [0.29, 0.717) is 15.5 Å². The van der Waals surface area contributed by atoms with Gasteiger partial charge in [0.05, 0.1) is 5.56 Å². The summed E-state index contributed by atoms with van der Waals surface area (Å²) in [4.78, 5) is 13.4. The fourth-order valence-electron chi connectivity index (χ4n) is 0.817. The van der Waals surface area contributed by atoms with E-state index >= 15 is 0 Å². The largest absolute Gasteiger partial charge is 0.324 e. The first-order chi connectivity index (χ1) is 6.06. The molecule has 0 fully saturated rings. The number of aromatic nitrogens is 1. The van der Waals surface area contributed by atoms with Crippen molar-refractivity contribution in [2.24, 2.45) is 0 Å². The molecule has 0 bridgehead atoms. The molecule has 0 aliphatic carbocycles. The number of hydrogen-bond donors (Lipinski definition) is 1. The summed E-state index contributed by atoms with van der Waals surface area (Å²) in [6, 6.07) is 1.14. The van der Waals surface area contributed by atoms with Crippen LogP contribution in [0, 0.1) is 0 Å². The van der Waals surface area contributed by atoms with E-state index in [-0.39, 0.29) is 0 Å². The molecule has 0 unspecified atom stereocenters. The highest BCUT2D eigenvalue weighted by atomic mass is 79.9. The van der Waals surface area contributed by atoms with Gasteiger partial charge in [0, 0.05) is 15.5 Å². The van der Waals surface area contributed by atoms with Crippen LogP contribution in [0.5, 0.6) is 0 Å². The molecule has 13 heavy (non-hydrogen) atoms. The first-order valence-corrected chi connectivity index (χ1v) is 5.23. The highest BCUT2D eigenvalue weighted by Gasteiger charge is 2.14. The van der Waals surface area contributed by atoms with E-state index < -0.39 is 17.5 Å². The molecule has 0 saturated heterocycles. The molecule has 1 heterocycles. The van der Waals surface area contributed by atoms with Gasteiger partial charge in [-0.05, 0) is 22.0 Å². The van der Waals surface area contributed by atoms with E-state index in [2.05, 4.69) is 36.8 Å². The number of H-pyrrole nitrogens is 1. The van der Waals surface area contributed by atoms with Gasteiger partial charge in [-0.1, -0.05) is 15.9 Å². The third-order valence-electron chi connectivity index (χ3n) is 1.47. The maximum Gasteiger partial charge on any atom is 0.269 e.